The summed E-state index contributed by atoms with van der Waals surface area (Å²) in [6.45, 7) is 1.07. The molecule has 1 amide bonds. The van der Waals surface area contributed by atoms with E-state index >= 15 is 0 Å². The number of hydrogen-bond acceptors (Lipinski definition) is 3. The van der Waals surface area contributed by atoms with Crippen molar-refractivity contribution in [3.63, 3.8) is 0 Å². The molecule has 0 bridgehead atoms. The SMILES string of the molecule is O=C(COc1ccc(Cl)cc1)NCCCc1nc2ccccc2n1Cc1ccc(F)cc1. The number of halogens is 2. The Bertz CT molecular complexity index is 1190. The molecule has 164 valence electrons. The molecule has 1 aromatic heterocycles. The minimum Gasteiger partial charge on any atom is -0.484 e. The van der Waals surface area contributed by atoms with Crippen molar-refractivity contribution in [1.82, 2.24) is 14.9 Å². The van der Waals surface area contributed by atoms with Crippen LogP contribution in [0.25, 0.3) is 11.0 Å². The Labute approximate surface area is 190 Å². The van der Waals surface area contributed by atoms with Gasteiger partial charge in [0.2, 0.25) is 0 Å². The molecule has 0 atom stereocenters. The standard InChI is InChI=1S/C25H23ClFN3O2/c26-19-9-13-21(14-10-19)32-17-25(31)28-15-3-6-24-29-22-4-1-2-5-23(22)30(24)16-18-7-11-20(27)12-8-18/h1-2,4-5,7-14H,3,6,15-17H2,(H,28,31). The molecule has 0 fully saturated rings. The van der Waals surface area contributed by atoms with Crippen molar-refractivity contribution in [2.75, 3.05) is 13.2 Å². The summed E-state index contributed by atoms with van der Waals surface area (Å²) in [7, 11) is 0. The van der Waals surface area contributed by atoms with Crippen LogP contribution in [0.2, 0.25) is 5.02 Å². The van der Waals surface area contributed by atoms with E-state index in [4.69, 9.17) is 21.3 Å². The first kappa shape index (κ1) is 21.8. The summed E-state index contributed by atoms with van der Waals surface area (Å²) in [5.74, 6) is 1.10. The third-order valence-corrected chi connectivity index (χ3v) is 5.32. The molecular weight excluding hydrogens is 429 g/mol. The van der Waals surface area contributed by atoms with Crippen LogP contribution in [0.1, 0.15) is 17.8 Å². The van der Waals surface area contributed by atoms with Gasteiger partial charge >= 0.3 is 0 Å². The molecule has 0 saturated carbocycles. The highest BCUT2D eigenvalue weighted by Gasteiger charge is 2.11. The zero-order valence-electron chi connectivity index (χ0n) is 17.4. The van der Waals surface area contributed by atoms with Crippen LogP contribution in [-0.2, 0) is 17.8 Å². The molecule has 0 aliphatic heterocycles. The molecule has 1 heterocycles. The van der Waals surface area contributed by atoms with E-state index in [-0.39, 0.29) is 18.3 Å². The number of amides is 1. The number of imidazole rings is 1. The monoisotopic (exact) mass is 451 g/mol. The lowest BCUT2D eigenvalue weighted by Crippen LogP contribution is -2.30. The summed E-state index contributed by atoms with van der Waals surface area (Å²) in [5, 5.41) is 3.49. The molecule has 1 N–H and O–H groups in total. The van der Waals surface area contributed by atoms with Crippen LogP contribution in [0.5, 0.6) is 5.75 Å². The summed E-state index contributed by atoms with van der Waals surface area (Å²) in [6, 6.07) is 21.3. The van der Waals surface area contributed by atoms with E-state index in [0.29, 0.717) is 30.3 Å². The molecule has 4 rings (SSSR count). The van der Waals surface area contributed by atoms with E-state index in [1.165, 1.54) is 12.1 Å². The number of nitrogens with one attached hydrogen (secondary N) is 1. The van der Waals surface area contributed by atoms with Crippen molar-refractivity contribution < 1.29 is 13.9 Å². The lowest BCUT2D eigenvalue weighted by Gasteiger charge is -2.10. The van der Waals surface area contributed by atoms with E-state index in [2.05, 4.69) is 9.88 Å². The summed E-state index contributed by atoms with van der Waals surface area (Å²) < 4.78 is 20.9. The number of carbonyl (C=O) groups excluding carboxylic acids is 1. The molecular formula is C25H23ClFN3O2. The van der Waals surface area contributed by atoms with Gasteiger partial charge in [0.25, 0.3) is 5.91 Å². The van der Waals surface area contributed by atoms with Gasteiger partial charge in [-0.2, -0.15) is 0 Å². The molecule has 0 radical (unpaired) electrons. The predicted octanol–water partition coefficient (Wildman–Crippen LogP) is 5.00. The van der Waals surface area contributed by atoms with Gasteiger partial charge in [0, 0.05) is 24.5 Å². The number of benzene rings is 3. The predicted molar refractivity (Wildman–Crippen MR) is 124 cm³/mol. The average Bonchev–Trinajstić information content (AvgIpc) is 3.15. The number of aryl methyl sites for hydroxylation is 1. The minimum atomic E-state index is -0.250. The van der Waals surface area contributed by atoms with Crippen LogP contribution in [0.3, 0.4) is 0 Å². The van der Waals surface area contributed by atoms with E-state index in [1.54, 1.807) is 36.4 Å². The van der Waals surface area contributed by atoms with Gasteiger partial charge in [-0.05, 0) is 60.5 Å². The summed E-state index contributed by atoms with van der Waals surface area (Å²) in [6.07, 6.45) is 1.44. The Morgan fingerprint density at radius 1 is 1.03 bits per heavy atom. The van der Waals surface area contributed by atoms with Gasteiger partial charge < -0.3 is 14.6 Å². The van der Waals surface area contributed by atoms with Crippen molar-refractivity contribution in [2.24, 2.45) is 0 Å². The molecule has 0 aliphatic carbocycles. The Morgan fingerprint density at radius 3 is 2.56 bits per heavy atom. The molecule has 32 heavy (non-hydrogen) atoms. The van der Waals surface area contributed by atoms with Gasteiger partial charge in [0.15, 0.2) is 6.61 Å². The van der Waals surface area contributed by atoms with Gasteiger partial charge in [0.05, 0.1) is 11.0 Å². The third-order valence-electron chi connectivity index (χ3n) is 5.07. The molecule has 3 aromatic carbocycles. The maximum absolute atomic E-state index is 13.3. The highest BCUT2D eigenvalue weighted by atomic mass is 35.5. The van der Waals surface area contributed by atoms with Gasteiger partial charge in [-0.15, -0.1) is 0 Å². The number of aromatic nitrogens is 2. The summed E-state index contributed by atoms with van der Waals surface area (Å²) in [5.41, 5.74) is 2.96. The Morgan fingerprint density at radius 2 is 1.78 bits per heavy atom. The lowest BCUT2D eigenvalue weighted by atomic mass is 10.2. The molecule has 7 heteroatoms. The van der Waals surface area contributed by atoms with Gasteiger partial charge in [0.1, 0.15) is 17.4 Å². The van der Waals surface area contributed by atoms with E-state index < -0.39 is 0 Å². The topological polar surface area (TPSA) is 56.1 Å². The lowest BCUT2D eigenvalue weighted by molar-refractivity contribution is -0.123. The molecule has 4 aromatic rings. The van der Waals surface area contributed by atoms with E-state index in [1.807, 2.05) is 24.3 Å². The minimum absolute atomic E-state index is 0.0509. The maximum Gasteiger partial charge on any atom is 0.257 e. The van der Waals surface area contributed by atoms with Gasteiger partial charge in [-0.1, -0.05) is 35.9 Å². The normalized spacial score (nSPS) is 10.9. The van der Waals surface area contributed by atoms with Gasteiger partial charge in [-0.25, -0.2) is 9.37 Å². The van der Waals surface area contributed by atoms with Crippen molar-refractivity contribution >= 4 is 28.5 Å². The zero-order valence-corrected chi connectivity index (χ0v) is 18.2. The second-order valence-corrected chi connectivity index (χ2v) is 7.86. The fraction of sp³-hybridized carbons (Fsp3) is 0.200. The fourth-order valence-corrected chi connectivity index (χ4v) is 3.60. The molecule has 0 aliphatic rings. The number of hydrogen-bond donors (Lipinski definition) is 1. The highest BCUT2D eigenvalue weighted by Crippen LogP contribution is 2.19. The molecule has 0 saturated heterocycles. The number of fused-ring (bicyclic) bond motifs is 1. The molecule has 5 nitrogen and oxygen atoms in total. The first-order valence-electron chi connectivity index (χ1n) is 10.4. The van der Waals surface area contributed by atoms with Crippen molar-refractivity contribution in [3.8, 4) is 5.75 Å². The highest BCUT2D eigenvalue weighted by molar-refractivity contribution is 6.30. The fourth-order valence-electron chi connectivity index (χ4n) is 3.47. The van der Waals surface area contributed by atoms with Gasteiger partial charge in [-0.3, -0.25) is 4.79 Å². The molecule has 0 spiro atoms. The first-order valence-corrected chi connectivity index (χ1v) is 10.8. The number of ether oxygens (including phenoxy) is 1. The third kappa shape index (κ3) is 5.65. The van der Waals surface area contributed by atoms with Crippen LogP contribution in [0.4, 0.5) is 4.39 Å². The van der Waals surface area contributed by atoms with Crippen LogP contribution in [-0.4, -0.2) is 28.6 Å². The second-order valence-electron chi connectivity index (χ2n) is 7.43. The van der Waals surface area contributed by atoms with E-state index in [9.17, 15) is 9.18 Å². The first-order chi connectivity index (χ1) is 15.6. The molecule has 0 unspecified atom stereocenters. The summed E-state index contributed by atoms with van der Waals surface area (Å²) in [4.78, 5) is 16.8. The smallest absolute Gasteiger partial charge is 0.257 e. The van der Waals surface area contributed by atoms with E-state index in [0.717, 1.165) is 28.8 Å². The Balaban J connectivity index is 1.33. The summed E-state index contributed by atoms with van der Waals surface area (Å²) >= 11 is 5.84. The van der Waals surface area contributed by atoms with Crippen molar-refractivity contribution in [2.45, 2.75) is 19.4 Å². The maximum atomic E-state index is 13.3. The number of nitrogens with zero attached hydrogens (tertiary/aromatic N) is 2. The largest absolute Gasteiger partial charge is 0.484 e. The average molecular weight is 452 g/mol. The van der Waals surface area contributed by atoms with Crippen LogP contribution >= 0.6 is 11.6 Å². The van der Waals surface area contributed by atoms with Crippen molar-refractivity contribution in [1.29, 1.82) is 0 Å². The number of rotatable bonds is 9. The number of para-hydroxylation sites is 2. The van der Waals surface area contributed by atoms with Crippen LogP contribution in [0.15, 0.2) is 72.8 Å². The van der Waals surface area contributed by atoms with Crippen LogP contribution < -0.4 is 10.1 Å². The quantitative estimate of drug-likeness (QED) is 0.364. The van der Waals surface area contributed by atoms with Crippen molar-refractivity contribution in [3.05, 3.63) is 95.0 Å². The second kappa shape index (κ2) is 10.3. The number of carbonyl (C=O) groups is 1. The van der Waals surface area contributed by atoms with Crippen LogP contribution in [0, 0.1) is 5.82 Å². The Kier molecular flexibility index (Phi) is 7.02. The Hall–Kier alpha value is -3.38. The zero-order chi connectivity index (χ0) is 22.3.